The maximum Gasteiger partial charge on any atom is 0.145 e. The van der Waals surface area contributed by atoms with Crippen molar-refractivity contribution in [3.63, 3.8) is 0 Å². The van der Waals surface area contributed by atoms with Crippen molar-refractivity contribution >= 4 is 17.9 Å². The number of carbonyl (C=O) groups is 1. The van der Waals surface area contributed by atoms with E-state index in [-0.39, 0.29) is 6.61 Å². The number of allylic oxidation sites excluding steroid dienone is 2. The van der Waals surface area contributed by atoms with Crippen molar-refractivity contribution in [2.75, 3.05) is 13.2 Å². The number of hydrogen-bond donors (Lipinski definition) is 0. The summed E-state index contributed by atoms with van der Waals surface area (Å²) >= 11 is 5.84. The third-order valence-electron chi connectivity index (χ3n) is 1.41. The van der Waals surface area contributed by atoms with Crippen LogP contribution in [0.3, 0.4) is 0 Å². The largest absolute Gasteiger partial charge is 0.369 e. The molecule has 0 spiro atoms. The van der Waals surface area contributed by atoms with Crippen molar-refractivity contribution in [3.05, 3.63) is 35.4 Å². The van der Waals surface area contributed by atoms with Crippen LogP contribution in [0.15, 0.2) is 35.4 Å². The van der Waals surface area contributed by atoms with Gasteiger partial charge in [0.25, 0.3) is 0 Å². The van der Waals surface area contributed by atoms with Crippen LogP contribution in [-0.4, -0.2) is 19.5 Å². The molecule has 0 aliphatic carbocycles. The van der Waals surface area contributed by atoms with Crippen LogP contribution < -0.4 is 0 Å². The summed E-state index contributed by atoms with van der Waals surface area (Å²) < 4.78 is 5.01. The van der Waals surface area contributed by atoms with Gasteiger partial charge in [-0.15, -0.1) is 0 Å². The minimum atomic E-state index is 0.0676. The highest BCUT2D eigenvalue weighted by Crippen LogP contribution is 2.17. The van der Waals surface area contributed by atoms with Gasteiger partial charge >= 0.3 is 0 Å². The molecule has 13 heavy (non-hydrogen) atoms. The molecule has 0 heterocycles. The van der Waals surface area contributed by atoms with Gasteiger partial charge in [-0.1, -0.05) is 36.4 Å². The number of rotatable bonds is 6. The number of hydrogen-bond acceptors (Lipinski definition) is 2. The highest BCUT2D eigenvalue weighted by Gasteiger charge is 2.02. The molecule has 0 radical (unpaired) electrons. The van der Waals surface area contributed by atoms with Crippen LogP contribution >= 0.6 is 11.6 Å². The van der Waals surface area contributed by atoms with Crippen molar-refractivity contribution in [2.45, 2.75) is 6.92 Å². The van der Waals surface area contributed by atoms with Gasteiger partial charge in [-0.25, -0.2) is 0 Å². The minimum Gasteiger partial charge on any atom is -0.369 e. The fourth-order valence-corrected chi connectivity index (χ4v) is 0.944. The molecule has 0 aromatic rings. The van der Waals surface area contributed by atoms with Gasteiger partial charge < -0.3 is 9.53 Å². The van der Waals surface area contributed by atoms with Gasteiger partial charge in [-0.2, -0.15) is 0 Å². The number of carbonyl (C=O) groups excluding carboxylic acids is 1. The topological polar surface area (TPSA) is 26.3 Å². The maximum absolute atomic E-state index is 9.98. The van der Waals surface area contributed by atoms with E-state index >= 15 is 0 Å². The van der Waals surface area contributed by atoms with Crippen LogP contribution in [0.1, 0.15) is 6.92 Å². The van der Waals surface area contributed by atoms with E-state index in [1.54, 1.807) is 0 Å². The third-order valence-corrected chi connectivity index (χ3v) is 1.80. The van der Waals surface area contributed by atoms with Crippen LogP contribution in [-0.2, 0) is 9.53 Å². The van der Waals surface area contributed by atoms with Gasteiger partial charge in [-0.05, 0) is 12.5 Å². The Hall–Kier alpha value is -0.860. The Kier molecular flexibility index (Phi) is 6.20. The van der Waals surface area contributed by atoms with E-state index in [0.29, 0.717) is 17.9 Å². The zero-order chi connectivity index (χ0) is 10.3. The van der Waals surface area contributed by atoms with Gasteiger partial charge in [0.2, 0.25) is 0 Å². The lowest BCUT2D eigenvalue weighted by molar-refractivity contribution is -0.111. The first-order valence-electron chi connectivity index (χ1n) is 3.81. The molecule has 2 nitrogen and oxygen atoms in total. The van der Waals surface area contributed by atoms with E-state index in [1.165, 1.54) is 6.08 Å². The van der Waals surface area contributed by atoms with E-state index in [2.05, 4.69) is 13.2 Å². The first-order valence-corrected chi connectivity index (χ1v) is 4.19. The maximum atomic E-state index is 9.98. The molecule has 0 aliphatic heterocycles. The molecule has 0 saturated carbocycles. The highest BCUT2D eigenvalue weighted by molar-refractivity contribution is 6.31. The van der Waals surface area contributed by atoms with Gasteiger partial charge in [0.15, 0.2) is 0 Å². The van der Waals surface area contributed by atoms with E-state index in [4.69, 9.17) is 16.3 Å². The zero-order valence-electron chi connectivity index (χ0n) is 7.68. The van der Waals surface area contributed by atoms with Crippen LogP contribution in [0.2, 0.25) is 0 Å². The molecule has 0 aliphatic rings. The monoisotopic (exact) mass is 200 g/mol. The molecule has 0 bridgehead atoms. The second-order valence-corrected chi connectivity index (χ2v) is 2.90. The lowest BCUT2D eigenvalue weighted by Crippen LogP contribution is -2.02. The summed E-state index contributed by atoms with van der Waals surface area (Å²) in [5.74, 6) is 0. The number of ether oxygens (including phenoxy) is 1. The zero-order valence-corrected chi connectivity index (χ0v) is 8.43. The Labute approximate surface area is 83.5 Å². The number of aldehydes is 1. The molecule has 0 saturated heterocycles. The van der Waals surface area contributed by atoms with Crippen molar-refractivity contribution in [1.29, 1.82) is 0 Å². The predicted octanol–water partition coefficient (Wildman–Crippen LogP) is 2.46. The molecular formula is C10H13ClO2. The molecule has 0 aromatic heterocycles. The van der Waals surface area contributed by atoms with Crippen LogP contribution in [0.5, 0.6) is 0 Å². The Morgan fingerprint density at radius 1 is 1.62 bits per heavy atom. The third kappa shape index (κ3) is 4.65. The summed E-state index contributed by atoms with van der Waals surface area (Å²) in [6, 6.07) is 0. The second kappa shape index (κ2) is 6.63. The van der Waals surface area contributed by atoms with E-state index in [1.807, 2.05) is 6.92 Å². The Morgan fingerprint density at radius 3 is 2.62 bits per heavy atom. The fraction of sp³-hybridized carbons (Fsp3) is 0.300. The standard InChI is InChI=1S/C10H13ClO2/c1-4-10(11)9(8(2)3)7-13-6-5-12/h4-5H,1-2,6-7H2,3H3/b10-9+. The second-order valence-electron chi connectivity index (χ2n) is 2.49. The smallest absolute Gasteiger partial charge is 0.145 e. The van der Waals surface area contributed by atoms with Crippen molar-refractivity contribution in [1.82, 2.24) is 0 Å². The van der Waals surface area contributed by atoms with E-state index in [0.717, 1.165) is 11.1 Å². The van der Waals surface area contributed by atoms with Crippen molar-refractivity contribution < 1.29 is 9.53 Å². The summed E-state index contributed by atoms with van der Waals surface area (Å²) in [7, 11) is 0. The van der Waals surface area contributed by atoms with Crippen LogP contribution in [0, 0.1) is 0 Å². The molecule has 72 valence electrons. The van der Waals surface area contributed by atoms with Gasteiger partial charge in [0.05, 0.1) is 6.61 Å². The molecule has 0 amide bonds. The molecule has 0 rings (SSSR count). The molecule has 0 unspecified atom stereocenters. The molecular weight excluding hydrogens is 188 g/mol. The average molecular weight is 201 g/mol. The van der Waals surface area contributed by atoms with Gasteiger partial charge in [0, 0.05) is 5.03 Å². The molecule has 0 aromatic carbocycles. The Bertz CT molecular complexity index is 241. The summed E-state index contributed by atoms with van der Waals surface area (Å²) in [6.07, 6.45) is 2.22. The quantitative estimate of drug-likeness (QED) is 0.374. The molecule has 0 fully saturated rings. The van der Waals surface area contributed by atoms with Crippen LogP contribution in [0.4, 0.5) is 0 Å². The minimum absolute atomic E-state index is 0.0676. The Balaban J connectivity index is 4.36. The average Bonchev–Trinajstić information content (AvgIpc) is 2.11. The summed E-state index contributed by atoms with van der Waals surface area (Å²) in [4.78, 5) is 9.98. The van der Waals surface area contributed by atoms with Gasteiger partial charge in [0.1, 0.15) is 12.9 Å². The fourth-order valence-electron chi connectivity index (χ4n) is 0.728. The number of halogens is 1. The summed E-state index contributed by atoms with van der Waals surface area (Å²) in [5, 5.41) is 0.512. The lowest BCUT2D eigenvalue weighted by Gasteiger charge is -2.07. The molecule has 0 N–H and O–H groups in total. The molecule has 0 atom stereocenters. The lowest BCUT2D eigenvalue weighted by atomic mass is 10.1. The van der Waals surface area contributed by atoms with Crippen molar-refractivity contribution in [2.24, 2.45) is 0 Å². The van der Waals surface area contributed by atoms with Crippen molar-refractivity contribution in [3.8, 4) is 0 Å². The SMILES string of the molecule is C=C/C(Cl)=C(/COCC=O)C(=C)C. The predicted molar refractivity (Wildman–Crippen MR) is 54.8 cm³/mol. The normalized spacial score (nSPS) is 11.8. The van der Waals surface area contributed by atoms with Gasteiger partial charge in [-0.3, -0.25) is 0 Å². The molecule has 3 heteroatoms. The first-order chi connectivity index (χ1) is 6.13. The highest BCUT2D eigenvalue weighted by atomic mass is 35.5. The summed E-state index contributed by atoms with van der Waals surface area (Å²) in [5.41, 5.74) is 1.59. The Morgan fingerprint density at radius 2 is 2.23 bits per heavy atom. The first kappa shape index (κ1) is 12.1. The van der Waals surface area contributed by atoms with E-state index < -0.39 is 0 Å². The summed E-state index contributed by atoms with van der Waals surface area (Å²) in [6.45, 7) is 9.46. The van der Waals surface area contributed by atoms with E-state index in [9.17, 15) is 4.79 Å². The van der Waals surface area contributed by atoms with Crippen LogP contribution in [0.25, 0.3) is 0 Å².